The van der Waals surface area contributed by atoms with Gasteiger partial charge in [0.1, 0.15) is 0 Å². The lowest BCUT2D eigenvalue weighted by Gasteiger charge is -2.19. The van der Waals surface area contributed by atoms with Gasteiger partial charge in [-0.05, 0) is 30.2 Å². The van der Waals surface area contributed by atoms with Gasteiger partial charge in [-0.3, -0.25) is 4.31 Å². The van der Waals surface area contributed by atoms with Crippen LogP contribution in [0.2, 0.25) is 0 Å². The van der Waals surface area contributed by atoms with E-state index in [1.54, 1.807) is 24.5 Å². The molecule has 0 N–H and O–H groups in total. The minimum Gasteiger partial charge on any atom is -0.252 e. The van der Waals surface area contributed by atoms with Gasteiger partial charge in [-0.15, -0.1) is 0 Å². The van der Waals surface area contributed by atoms with Crippen molar-refractivity contribution in [2.75, 3.05) is 10.8 Å². The summed E-state index contributed by atoms with van der Waals surface area (Å²) in [5, 5.41) is 0. The van der Waals surface area contributed by atoms with E-state index >= 15 is 0 Å². The number of aromatic nitrogens is 1. The zero-order chi connectivity index (χ0) is 11.9. The fourth-order valence-electron chi connectivity index (χ4n) is 2.13. The lowest BCUT2D eigenvalue weighted by Crippen LogP contribution is -2.33. The molecule has 17 heavy (non-hydrogen) atoms. The number of fused-ring (bicyclic) bond motifs is 1. The quantitative estimate of drug-likeness (QED) is 0.811. The molecule has 0 amide bonds. The molecular formula is C12H12N2O2S. The first-order chi connectivity index (χ1) is 8.19. The van der Waals surface area contributed by atoms with Gasteiger partial charge in [0.05, 0.1) is 5.69 Å². The largest absolute Gasteiger partial charge is 0.329 e. The van der Waals surface area contributed by atoms with Crippen molar-refractivity contribution in [3.8, 4) is 0 Å². The topological polar surface area (TPSA) is 42.3 Å². The maximum absolute atomic E-state index is 12.3. The monoisotopic (exact) mass is 248 g/mol. The molecule has 4 nitrogen and oxygen atoms in total. The summed E-state index contributed by atoms with van der Waals surface area (Å²) in [6.07, 6.45) is 3.88. The highest BCUT2D eigenvalue weighted by atomic mass is 32.2. The molecule has 0 saturated carbocycles. The Morgan fingerprint density at radius 1 is 1.00 bits per heavy atom. The van der Waals surface area contributed by atoms with Crippen LogP contribution in [0.25, 0.3) is 0 Å². The summed E-state index contributed by atoms with van der Waals surface area (Å²) >= 11 is 0. The molecule has 0 spiro atoms. The second kappa shape index (κ2) is 3.63. The Bertz CT molecular complexity index is 632. The molecule has 0 saturated heterocycles. The third-order valence-electron chi connectivity index (χ3n) is 2.97. The van der Waals surface area contributed by atoms with Gasteiger partial charge in [0.2, 0.25) is 0 Å². The average Bonchev–Trinajstić information content (AvgIpc) is 2.99. The number of hydrogen-bond donors (Lipinski definition) is 0. The number of benzene rings is 1. The lowest BCUT2D eigenvalue weighted by atomic mass is 10.2. The maximum atomic E-state index is 12.3. The SMILES string of the molecule is O=S(=O)(N1CCc2ccccc21)n1cccc1. The van der Waals surface area contributed by atoms with E-state index in [-0.39, 0.29) is 0 Å². The van der Waals surface area contributed by atoms with Crippen LogP contribution < -0.4 is 4.31 Å². The Hall–Kier alpha value is -1.75. The number of para-hydroxylation sites is 1. The number of anilines is 1. The smallest absolute Gasteiger partial charge is 0.252 e. The van der Waals surface area contributed by atoms with Crippen molar-refractivity contribution in [1.29, 1.82) is 0 Å². The van der Waals surface area contributed by atoms with Crippen molar-refractivity contribution in [3.63, 3.8) is 0 Å². The molecule has 0 radical (unpaired) electrons. The highest BCUT2D eigenvalue weighted by Crippen LogP contribution is 2.30. The Balaban J connectivity index is 2.09. The van der Waals surface area contributed by atoms with Crippen molar-refractivity contribution in [2.24, 2.45) is 0 Å². The summed E-state index contributed by atoms with van der Waals surface area (Å²) in [4.78, 5) is 0. The second-order valence-electron chi connectivity index (χ2n) is 3.97. The van der Waals surface area contributed by atoms with E-state index in [9.17, 15) is 8.42 Å². The van der Waals surface area contributed by atoms with E-state index in [4.69, 9.17) is 0 Å². The summed E-state index contributed by atoms with van der Waals surface area (Å²) in [6.45, 7) is 0.514. The zero-order valence-electron chi connectivity index (χ0n) is 9.15. The predicted octanol–water partition coefficient (Wildman–Crippen LogP) is 1.64. The Morgan fingerprint density at radius 2 is 1.71 bits per heavy atom. The van der Waals surface area contributed by atoms with Crippen molar-refractivity contribution in [1.82, 2.24) is 3.97 Å². The zero-order valence-corrected chi connectivity index (χ0v) is 9.97. The van der Waals surface area contributed by atoms with Crippen LogP contribution in [0.1, 0.15) is 5.56 Å². The fourth-order valence-corrected chi connectivity index (χ4v) is 3.56. The van der Waals surface area contributed by atoms with Gasteiger partial charge in [0.25, 0.3) is 0 Å². The summed E-state index contributed by atoms with van der Waals surface area (Å²) in [5.74, 6) is 0. The summed E-state index contributed by atoms with van der Waals surface area (Å²) in [5.41, 5.74) is 1.88. The standard InChI is InChI=1S/C12H12N2O2S/c15-17(16,13-8-3-4-9-13)14-10-7-11-5-1-2-6-12(11)14/h1-6,8-9H,7,10H2. The normalized spacial score (nSPS) is 14.9. The van der Waals surface area contributed by atoms with Crippen LogP contribution in [0.5, 0.6) is 0 Å². The molecule has 0 fully saturated rings. The second-order valence-corrected chi connectivity index (χ2v) is 5.73. The van der Waals surface area contributed by atoms with Gasteiger partial charge in [0.15, 0.2) is 0 Å². The van der Waals surface area contributed by atoms with Crippen LogP contribution in [-0.4, -0.2) is 18.9 Å². The van der Waals surface area contributed by atoms with Gasteiger partial charge in [-0.2, -0.15) is 8.42 Å². The molecule has 0 bridgehead atoms. The number of nitrogens with zero attached hydrogens (tertiary/aromatic N) is 2. The third kappa shape index (κ3) is 1.54. The highest BCUT2D eigenvalue weighted by molar-refractivity contribution is 7.91. The molecule has 1 aromatic carbocycles. The number of hydrogen-bond acceptors (Lipinski definition) is 2. The highest BCUT2D eigenvalue weighted by Gasteiger charge is 2.29. The summed E-state index contributed by atoms with van der Waals surface area (Å²) in [7, 11) is -3.46. The van der Waals surface area contributed by atoms with E-state index in [1.165, 1.54) is 8.28 Å². The molecular weight excluding hydrogens is 236 g/mol. The Morgan fingerprint density at radius 3 is 2.47 bits per heavy atom. The van der Waals surface area contributed by atoms with Crippen LogP contribution in [0.4, 0.5) is 5.69 Å². The molecule has 5 heteroatoms. The van der Waals surface area contributed by atoms with Crippen LogP contribution in [-0.2, 0) is 16.6 Å². The van der Waals surface area contributed by atoms with Crippen LogP contribution in [0.3, 0.4) is 0 Å². The average molecular weight is 248 g/mol. The molecule has 0 unspecified atom stereocenters. The van der Waals surface area contributed by atoms with Gasteiger partial charge in [-0.25, -0.2) is 3.97 Å². The van der Waals surface area contributed by atoms with Crippen LogP contribution >= 0.6 is 0 Å². The Labute approximate surface area is 100 Å². The fraction of sp³-hybridized carbons (Fsp3) is 0.167. The summed E-state index contributed by atoms with van der Waals surface area (Å²) < 4.78 is 27.4. The van der Waals surface area contributed by atoms with E-state index in [1.807, 2.05) is 24.3 Å². The maximum Gasteiger partial charge on any atom is 0.329 e. The van der Waals surface area contributed by atoms with Crippen molar-refractivity contribution in [3.05, 3.63) is 54.4 Å². The van der Waals surface area contributed by atoms with Crippen molar-refractivity contribution in [2.45, 2.75) is 6.42 Å². The molecule has 1 aliphatic rings. The molecule has 2 heterocycles. The number of rotatable bonds is 2. The van der Waals surface area contributed by atoms with Crippen LogP contribution in [0, 0.1) is 0 Å². The van der Waals surface area contributed by atoms with Gasteiger partial charge < -0.3 is 0 Å². The minimum atomic E-state index is -3.46. The van der Waals surface area contributed by atoms with Gasteiger partial charge in [0, 0.05) is 18.9 Å². The van der Waals surface area contributed by atoms with Gasteiger partial charge in [-0.1, -0.05) is 18.2 Å². The molecule has 3 rings (SSSR count). The lowest BCUT2D eigenvalue weighted by molar-refractivity contribution is 0.583. The third-order valence-corrected chi connectivity index (χ3v) is 4.68. The van der Waals surface area contributed by atoms with Crippen molar-refractivity contribution >= 4 is 15.9 Å². The first-order valence-corrected chi connectivity index (χ1v) is 6.83. The molecule has 1 aromatic heterocycles. The minimum absolute atomic E-state index is 0.514. The molecule has 2 aromatic rings. The van der Waals surface area contributed by atoms with E-state index in [0.29, 0.717) is 6.54 Å². The molecule has 0 aliphatic carbocycles. The Kier molecular flexibility index (Phi) is 2.22. The molecule has 88 valence electrons. The van der Waals surface area contributed by atoms with E-state index in [0.717, 1.165) is 17.7 Å². The first kappa shape index (κ1) is 10.4. The predicted molar refractivity (Wildman–Crippen MR) is 66.2 cm³/mol. The molecule has 1 aliphatic heterocycles. The summed E-state index contributed by atoms with van der Waals surface area (Å²) in [6, 6.07) is 11.0. The van der Waals surface area contributed by atoms with E-state index < -0.39 is 10.2 Å². The van der Waals surface area contributed by atoms with Crippen LogP contribution in [0.15, 0.2) is 48.8 Å². The first-order valence-electron chi connectivity index (χ1n) is 5.44. The molecule has 0 atom stereocenters. The van der Waals surface area contributed by atoms with Gasteiger partial charge >= 0.3 is 10.2 Å². The van der Waals surface area contributed by atoms with Crippen molar-refractivity contribution < 1.29 is 8.42 Å². The van der Waals surface area contributed by atoms with E-state index in [2.05, 4.69) is 0 Å².